The summed E-state index contributed by atoms with van der Waals surface area (Å²) in [5.41, 5.74) is 1.91. The second kappa shape index (κ2) is 3.93. The van der Waals surface area contributed by atoms with Gasteiger partial charge in [-0.1, -0.05) is 6.07 Å². The van der Waals surface area contributed by atoms with E-state index in [4.69, 9.17) is 9.47 Å². The zero-order chi connectivity index (χ0) is 10.8. The smallest absolute Gasteiger partial charge is 0.164 e. The van der Waals surface area contributed by atoms with Gasteiger partial charge in [0.1, 0.15) is 5.83 Å². The first-order valence-corrected chi connectivity index (χ1v) is 4.86. The minimum atomic E-state index is -0.0743. The highest BCUT2D eigenvalue weighted by molar-refractivity contribution is 5.65. The summed E-state index contributed by atoms with van der Waals surface area (Å²) >= 11 is 0. The van der Waals surface area contributed by atoms with Gasteiger partial charge >= 0.3 is 0 Å². The van der Waals surface area contributed by atoms with E-state index in [1.165, 1.54) is 0 Å². The summed E-state index contributed by atoms with van der Waals surface area (Å²) < 4.78 is 23.6. The molecule has 0 aromatic heterocycles. The Balaban J connectivity index is 2.56. The SMILES string of the molecule is COc1ccc2c(c1OC)CCC(F)=C2. The molecule has 2 nitrogen and oxygen atoms in total. The first-order chi connectivity index (χ1) is 7.26. The molecule has 0 bridgehead atoms. The van der Waals surface area contributed by atoms with E-state index in [0.717, 1.165) is 16.9 Å². The van der Waals surface area contributed by atoms with Crippen molar-refractivity contribution >= 4 is 6.08 Å². The summed E-state index contributed by atoms with van der Waals surface area (Å²) in [6, 6.07) is 3.65. The van der Waals surface area contributed by atoms with Crippen LogP contribution >= 0.6 is 0 Å². The van der Waals surface area contributed by atoms with Crippen LogP contribution in [-0.2, 0) is 6.42 Å². The average molecular weight is 208 g/mol. The summed E-state index contributed by atoms with van der Waals surface area (Å²) in [5.74, 6) is 1.35. The third-order valence-electron chi connectivity index (χ3n) is 2.61. The molecule has 1 aliphatic rings. The van der Waals surface area contributed by atoms with Crippen LogP contribution in [0.15, 0.2) is 18.0 Å². The molecule has 0 N–H and O–H groups in total. The predicted molar refractivity (Wildman–Crippen MR) is 57.0 cm³/mol. The zero-order valence-electron chi connectivity index (χ0n) is 8.84. The first kappa shape index (κ1) is 10.0. The normalized spacial score (nSPS) is 14.2. The lowest BCUT2D eigenvalue weighted by Gasteiger charge is -2.17. The van der Waals surface area contributed by atoms with Crippen LogP contribution in [0.2, 0.25) is 0 Å². The molecule has 80 valence electrons. The number of allylic oxidation sites excluding steroid dienone is 1. The molecule has 0 saturated heterocycles. The van der Waals surface area contributed by atoms with Crippen molar-refractivity contribution in [2.24, 2.45) is 0 Å². The molecule has 0 unspecified atom stereocenters. The molecular formula is C12H13FO2. The number of hydrogen-bond donors (Lipinski definition) is 0. The van der Waals surface area contributed by atoms with E-state index in [9.17, 15) is 4.39 Å². The molecule has 0 spiro atoms. The Morgan fingerprint density at radius 1 is 1.13 bits per heavy atom. The highest BCUT2D eigenvalue weighted by atomic mass is 19.1. The van der Waals surface area contributed by atoms with Crippen LogP contribution in [0.5, 0.6) is 11.5 Å². The lowest BCUT2D eigenvalue weighted by molar-refractivity contribution is 0.351. The molecule has 15 heavy (non-hydrogen) atoms. The molecule has 3 heteroatoms. The summed E-state index contributed by atoms with van der Waals surface area (Å²) in [6.45, 7) is 0. The molecule has 0 saturated carbocycles. The molecular weight excluding hydrogens is 195 g/mol. The van der Waals surface area contributed by atoms with Crippen molar-refractivity contribution in [3.8, 4) is 11.5 Å². The molecule has 1 aromatic carbocycles. The second-order valence-corrected chi connectivity index (χ2v) is 3.46. The summed E-state index contributed by atoms with van der Waals surface area (Å²) in [7, 11) is 3.20. The van der Waals surface area contributed by atoms with Crippen molar-refractivity contribution in [3.63, 3.8) is 0 Å². The zero-order valence-corrected chi connectivity index (χ0v) is 8.84. The number of fused-ring (bicyclic) bond motifs is 1. The van der Waals surface area contributed by atoms with E-state index in [2.05, 4.69) is 0 Å². The van der Waals surface area contributed by atoms with Crippen LogP contribution in [0.1, 0.15) is 17.5 Å². The summed E-state index contributed by atoms with van der Waals surface area (Å²) in [4.78, 5) is 0. The van der Waals surface area contributed by atoms with E-state index in [-0.39, 0.29) is 5.83 Å². The maximum absolute atomic E-state index is 13.1. The highest BCUT2D eigenvalue weighted by Crippen LogP contribution is 2.38. The fourth-order valence-electron chi connectivity index (χ4n) is 1.88. The topological polar surface area (TPSA) is 18.5 Å². The second-order valence-electron chi connectivity index (χ2n) is 3.46. The standard InChI is InChI=1S/C12H13FO2/c1-14-11-6-3-8-7-9(13)4-5-10(8)12(11)15-2/h3,6-7H,4-5H2,1-2H3. The van der Waals surface area contributed by atoms with Crippen LogP contribution in [0.25, 0.3) is 6.08 Å². The van der Waals surface area contributed by atoms with Crippen molar-refractivity contribution in [2.45, 2.75) is 12.8 Å². The van der Waals surface area contributed by atoms with Gasteiger partial charge < -0.3 is 9.47 Å². The van der Waals surface area contributed by atoms with E-state index in [1.807, 2.05) is 6.07 Å². The van der Waals surface area contributed by atoms with Gasteiger partial charge in [0, 0.05) is 12.0 Å². The minimum absolute atomic E-state index is 0.0743. The van der Waals surface area contributed by atoms with Crippen LogP contribution < -0.4 is 9.47 Å². The van der Waals surface area contributed by atoms with Crippen molar-refractivity contribution in [3.05, 3.63) is 29.1 Å². The molecule has 0 aliphatic heterocycles. The van der Waals surface area contributed by atoms with Gasteiger partial charge in [-0.15, -0.1) is 0 Å². The van der Waals surface area contributed by atoms with E-state index < -0.39 is 0 Å². The van der Waals surface area contributed by atoms with Crippen molar-refractivity contribution in [1.82, 2.24) is 0 Å². The molecule has 1 aromatic rings. The Morgan fingerprint density at radius 2 is 1.93 bits per heavy atom. The maximum atomic E-state index is 13.1. The molecule has 0 heterocycles. The van der Waals surface area contributed by atoms with Crippen molar-refractivity contribution < 1.29 is 13.9 Å². The number of hydrogen-bond acceptors (Lipinski definition) is 2. The van der Waals surface area contributed by atoms with Gasteiger partial charge in [0.05, 0.1) is 14.2 Å². The Labute approximate surface area is 88.3 Å². The molecule has 0 atom stereocenters. The van der Waals surface area contributed by atoms with Gasteiger partial charge in [-0.05, 0) is 24.1 Å². The van der Waals surface area contributed by atoms with Gasteiger partial charge in [-0.2, -0.15) is 0 Å². The largest absolute Gasteiger partial charge is 0.493 e. The molecule has 1 aliphatic carbocycles. The van der Waals surface area contributed by atoms with Gasteiger partial charge in [0.15, 0.2) is 11.5 Å². The lowest BCUT2D eigenvalue weighted by Crippen LogP contribution is -2.02. The molecule has 0 amide bonds. The highest BCUT2D eigenvalue weighted by Gasteiger charge is 2.17. The third kappa shape index (κ3) is 1.69. The summed E-state index contributed by atoms with van der Waals surface area (Å²) in [5, 5.41) is 0. The van der Waals surface area contributed by atoms with Crippen LogP contribution in [0, 0.1) is 0 Å². The molecule has 0 fully saturated rings. The number of methoxy groups -OCH3 is 2. The van der Waals surface area contributed by atoms with E-state index >= 15 is 0 Å². The predicted octanol–water partition coefficient (Wildman–Crippen LogP) is 2.96. The lowest BCUT2D eigenvalue weighted by atomic mass is 9.95. The maximum Gasteiger partial charge on any atom is 0.164 e. The summed E-state index contributed by atoms with van der Waals surface area (Å²) in [6.07, 6.45) is 2.66. The average Bonchev–Trinajstić information content (AvgIpc) is 2.27. The molecule has 2 rings (SSSR count). The fourth-order valence-corrected chi connectivity index (χ4v) is 1.88. The fraction of sp³-hybridized carbons (Fsp3) is 0.333. The van der Waals surface area contributed by atoms with Crippen LogP contribution in [-0.4, -0.2) is 14.2 Å². The first-order valence-electron chi connectivity index (χ1n) is 4.86. The third-order valence-corrected chi connectivity index (χ3v) is 2.61. The van der Waals surface area contributed by atoms with Crippen LogP contribution in [0.4, 0.5) is 4.39 Å². The number of rotatable bonds is 2. The van der Waals surface area contributed by atoms with Gasteiger partial charge in [0.2, 0.25) is 0 Å². The van der Waals surface area contributed by atoms with E-state index in [1.54, 1.807) is 26.4 Å². The monoisotopic (exact) mass is 208 g/mol. The Morgan fingerprint density at radius 3 is 2.60 bits per heavy atom. The van der Waals surface area contributed by atoms with Crippen LogP contribution in [0.3, 0.4) is 0 Å². The van der Waals surface area contributed by atoms with Gasteiger partial charge in [0.25, 0.3) is 0 Å². The Kier molecular flexibility index (Phi) is 2.62. The van der Waals surface area contributed by atoms with Gasteiger partial charge in [-0.25, -0.2) is 4.39 Å². The minimum Gasteiger partial charge on any atom is -0.493 e. The molecule has 0 radical (unpaired) electrons. The Bertz CT molecular complexity index is 410. The van der Waals surface area contributed by atoms with Crippen molar-refractivity contribution in [2.75, 3.05) is 14.2 Å². The van der Waals surface area contributed by atoms with Gasteiger partial charge in [-0.3, -0.25) is 0 Å². The quantitative estimate of drug-likeness (QED) is 0.743. The number of halogens is 1. The number of ether oxygens (including phenoxy) is 2. The van der Waals surface area contributed by atoms with E-state index in [0.29, 0.717) is 18.6 Å². The Hall–Kier alpha value is -1.51. The number of benzene rings is 1. The van der Waals surface area contributed by atoms with Crippen molar-refractivity contribution in [1.29, 1.82) is 0 Å².